The third-order valence-electron chi connectivity index (χ3n) is 2.18. The smallest absolute Gasteiger partial charge is 0.307 e. The quantitative estimate of drug-likeness (QED) is 0.752. The van der Waals surface area contributed by atoms with Gasteiger partial charge in [0.1, 0.15) is 15.6 Å². The molecule has 0 fully saturated rings. The molecule has 0 aromatic heterocycles. The lowest BCUT2D eigenvalue weighted by molar-refractivity contribution is -0.136. The molecule has 0 unspecified atom stereocenters. The minimum Gasteiger partial charge on any atom is -0.494 e. The van der Waals surface area contributed by atoms with Gasteiger partial charge < -0.3 is 9.84 Å². The third kappa shape index (κ3) is 6.24. The average molecular weight is 272 g/mol. The summed E-state index contributed by atoms with van der Waals surface area (Å²) in [5.74, 6) is -0.256. The Hall–Kier alpha value is -1.56. The van der Waals surface area contributed by atoms with E-state index in [9.17, 15) is 13.2 Å². The topological polar surface area (TPSA) is 80.7 Å². The molecule has 1 rings (SSSR count). The summed E-state index contributed by atoms with van der Waals surface area (Å²) in [6, 6.07) is 6.78. The molecule has 5 nitrogen and oxygen atoms in total. The Morgan fingerprint density at radius 1 is 1.39 bits per heavy atom. The first-order chi connectivity index (χ1) is 8.37. The number of hydrogen-bond donors (Lipinski definition) is 1. The normalized spacial score (nSPS) is 11.2. The molecule has 0 radical (unpaired) electrons. The Morgan fingerprint density at radius 3 is 2.72 bits per heavy atom. The van der Waals surface area contributed by atoms with Crippen LogP contribution >= 0.6 is 0 Å². The summed E-state index contributed by atoms with van der Waals surface area (Å²) in [6.45, 7) is 0.295. The highest BCUT2D eigenvalue weighted by Gasteiger charge is 2.04. The average Bonchev–Trinajstić information content (AvgIpc) is 2.23. The number of ether oxygens (including phenoxy) is 1. The van der Waals surface area contributed by atoms with E-state index in [1.165, 1.54) is 6.26 Å². The molecule has 0 amide bonds. The maximum atomic E-state index is 10.9. The van der Waals surface area contributed by atoms with Gasteiger partial charge in [0, 0.05) is 6.26 Å². The highest BCUT2D eigenvalue weighted by Crippen LogP contribution is 2.14. The van der Waals surface area contributed by atoms with Gasteiger partial charge in [-0.25, -0.2) is 8.42 Å². The van der Waals surface area contributed by atoms with E-state index < -0.39 is 15.8 Å². The Bertz CT molecular complexity index is 507. The predicted molar refractivity (Wildman–Crippen MR) is 67.6 cm³/mol. The van der Waals surface area contributed by atoms with E-state index in [4.69, 9.17) is 9.84 Å². The lowest BCUT2D eigenvalue weighted by atomic mass is 10.1. The molecule has 0 heterocycles. The van der Waals surface area contributed by atoms with Crippen LogP contribution in [0.5, 0.6) is 5.75 Å². The molecule has 6 heteroatoms. The van der Waals surface area contributed by atoms with E-state index in [1.807, 2.05) is 0 Å². The molecular weight excluding hydrogens is 256 g/mol. The van der Waals surface area contributed by atoms with Crippen LogP contribution in [0.15, 0.2) is 24.3 Å². The van der Waals surface area contributed by atoms with E-state index in [1.54, 1.807) is 24.3 Å². The number of benzene rings is 1. The van der Waals surface area contributed by atoms with E-state index in [0.717, 1.165) is 0 Å². The summed E-state index contributed by atoms with van der Waals surface area (Å²) >= 11 is 0. The van der Waals surface area contributed by atoms with Crippen molar-refractivity contribution < 1.29 is 23.1 Å². The fraction of sp³-hybridized carbons (Fsp3) is 0.417. The predicted octanol–water partition coefficient (Wildman–Crippen LogP) is 1.13. The molecule has 1 aromatic carbocycles. The fourth-order valence-corrected chi connectivity index (χ4v) is 2.07. The molecule has 0 saturated heterocycles. The van der Waals surface area contributed by atoms with Crippen molar-refractivity contribution in [2.45, 2.75) is 12.8 Å². The SMILES string of the molecule is CS(=O)(=O)CCCOc1cccc(CC(=O)O)c1. The first-order valence-corrected chi connectivity index (χ1v) is 7.54. The molecule has 18 heavy (non-hydrogen) atoms. The number of hydrogen-bond acceptors (Lipinski definition) is 4. The van der Waals surface area contributed by atoms with Crippen LogP contribution in [0.1, 0.15) is 12.0 Å². The molecule has 0 atom stereocenters. The van der Waals surface area contributed by atoms with Gasteiger partial charge in [-0.05, 0) is 24.1 Å². The van der Waals surface area contributed by atoms with E-state index in [-0.39, 0.29) is 12.2 Å². The standard InChI is InChI=1S/C12H16O5S/c1-18(15,16)7-3-6-17-11-5-2-4-10(8-11)9-12(13)14/h2,4-5,8H,3,6-7,9H2,1H3,(H,13,14). The first-order valence-electron chi connectivity index (χ1n) is 5.48. The van der Waals surface area contributed by atoms with Gasteiger partial charge >= 0.3 is 5.97 Å². The van der Waals surface area contributed by atoms with Crippen molar-refractivity contribution in [2.24, 2.45) is 0 Å². The van der Waals surface area contributed by atoms with Crippen molar-refractivity contribution in [1.82, 2.24) is 0 Å². The number of sulfone groups is 1. The van der Waals surface area contributed by atoms with Crippen LogP contribution < -0.4 is 4.74 Å². The second-order valence-corrected chi connectivity index (χ2v) is 6.31. The lowest BCUT2D eigenvalue weighted by Crippen LogP contribution is -2.08. The highest BCUT2D eigenvalue weighted by molar-refractivity contribution is 7.90. The van der Waals surface area contributed by atoms with E-state index in [0.29, 0.717) is 24.3 Å². The third-order valence-corrected chi connectivity index (χ3v) is 3.21. The summed E-state index contributed by atoms with van der Waals surface area (Å²) in [5, 5.41) is 8.65. The fourth-order valence-electron chi connectivity index (χ4n) is 1.43. The molecule has 0 aliphatic carbocycles. The summed E-state index contributed by atoms with van der Waals surface area (Å²) in [7, 11) is -2.96. The van der Waals surface area contributed by atoms with Gasteiger partial charge in [-0.15, -0.1) is 0 Å². The van der Waals surface area contributed by atoms with Gasteiger partial charge in [0.25, 0.3) is 0 Å². The van der Waals surface area contributed by atoms with Crippen LogP contribution in [-0.4, -0.2) is 38.1 Å². The van der Waals surface area contributed by atoms with Gasteiger partial charge in [-0.2, -0.15) is 0 Å². The van der Waals surface area contributed by atoms with Crippen molar-refractivity contribution in [3.63, 3.8) is 0 Å². The zero-order valence-electron chi connectivity index (χ0n) is 10.1. The van der Waals surface area contributed by atoms with Gasteiger partial charge in [0.15, 0.2) is 0 Å². The van der Waals surface area contributed by atoms with E-state index >= 15 is 0 Å². The molecule has 0 aliphatic rings. The molecule has 1 N–H and O–H groups in total. The molecule has 0 spiro atoms. The Morgan fingerprint density at radius 2 is 2.11 bits per heavy atom. The van der Waals surface area contributed by atoms with E-state index in [2.05, 4.69) is 0 Å². The molecule has 0 aliphatic heterocycles. The zero-order valence-corrected chi connectivity index (χ0v) is 10.9. The minimum atomic E-state index is -2.96. The molecule has 0 saturated carbocycles. The number of carboxylic acid groups (broad SMARTS) is 1. The molecule has 100 valence electrons. The largest absolute Gasteiger partial charge is 0.494 e. The van der Waals surface area contributed by atoms with Gasteiger partial charge in [-0.3, -0.25) is 4.79 Å². The summed E-state index contributed by atoms with van der Waals surface area (Å²) in [6.07, 6.45) is 1.54. The Kier molecular flexibility index (Phi) is 5.15. The van der Waals surface area contributed by atoms with Crippen LogP contribution in [-0.2, 0) is 21.1 Å². The number of rotatable bonds is 7. The van der Waals surface area contributed by atoms with Crippen molar-refractivity contribution >= 4 is 15.8 Å². The number of carbonyl (C=O) groups is 1. The van der Waals surface area contributed by atoms with Crippen LogP contribution in [0.4, 0.5) is 0 Å². The summed E-state index contributed by atoms with van der Waals surface area (Å²) in [4.78, 5) is 10.5. The maximum absolute atomic E-state index is 10.9. The maximum Gasteiger partial charge on any atom is 0.307 e. The highest BCUT2D eigenvalue weighted by atomic mass is 32.2. The molecule has 1 aromatic rings. The van der Waals surface area contributed by atoms with Crippen LogP contribution in [0.25, 0.3) is 0 Å². The van der Waals surface area contributed by atoms with Crippen LogP contribution in [0.2, 0.25) is 0 Å². The minimum absolute atomic E-state index is 0.0550. The number of carboxylic acids is 1. The summed E-state index contributed by atoms with van der Waals surface area (Å²) < 4.78 is 27.2. The summed E-state index contributed by atoms with van der Waals surface area (Å²) in [5.41, 5.74) is 0.656. The Labute approximate surface area is 106 Å². The van der Waals surface area contributed by atoms with Crippen LogP contribution in [0, 0.1) is 0 Å². The lowest BCUT2D eigenvalue weighted by Gasteiger charge is -2.06. The van der Waals surface area contributed by atoms with Crippen molar-refractivity contribution in [3.05, 3.63) is 29.8 Å². The second kappa shape index (κ2) is 6.39. The van der Waals surface area contributed by atoms with Crippen LogP contribution in [0.3, 0.4) is 0 Å². The van der Waals surface area contributed by atoms with Gasteiger partial charge in [0.2, 0.25) is 0 Å². The first kappa shape index (κ1) is 14.5. The molecular formula is C12H16O5S. The monoisotopic (exact) mass is 272 g/mol. The van der Waals surface area contributed by atoms with Crippen molar-refractivity contribution in [1.29, 1.82) is 0 Å². The molecule has 0 bridgehead atoms. The van der Waals surface area contributed by atoms with Gasteiger partial charge in [0.05, 0.1) is 18.8 Å². The van der Waals surface area contributed by atoms with Gasteiger partial charge in [-0.1, -0.05) is 12.1 Å². The van der Waals surface area contributed by atoms with Crippen molar-refractivity contribution in [3.8, 4) is 5.75 Å². The Balaban J connectivity index is 2.45. The zero-order chi connectivity index (χ0) is 13.6. The van der Waals surface area contributed by atoms with Crippen molar-refractivity contribution in [2.75, 3.05) is 18.6 Å². The second-order valence-electron chi connectivity index (χ2n) is 4.05. The number of aliphatic carboxylic acids is 1.